The quantitative estimate of drug-likeness (QED) is 0.390. The minimum absolute atomic E-state index is 0.104. The first-order valence-corrected chi connectivity index (χ1v) is 10.2. The van der Waals surface area contributed by atoms with Gasteiger partial charge in [0.05, 0.1) is 23.8 Å². The lowest BCUT2D eigenvalue weighted by Crippen LogP contribution is -2.21. The molecule has 0 bridgehead atoms. The van der Waals surface area contributed by atoms with Gasteiger partial charge in [-0.2, -0.15) is 0 Å². The van der Waals surface area contributed by atoms with Gasteiger partial charge in [-0.1, -0.05) is 11.8 Å². The minimum Gasteiger partial charge on any atom is -0.465 e. The molecule has 7 nitrogen and oxygen atoms in total. The summed E-state index contributed by atoms with van der Waals surface area (Å²) in [6.07, 6.45) is 0. The van der Waals surface area contributed by atoms with Gasteiger partial charge in [-0.25, -0.2) is 9.78 Å². The van der Waals surface area contributed by atoms with Crippen molar-refractivity contribution in [3.8, 4) is 0 Å². The van der Waals surface area contributed by atoms with Crippen molar-refractivity contribution in [3.63, 3.8) is 0 Å². The number of anilines is 1. The molecular formula is C19H19N3O4S2. The van der Waals surface area contributed by atoms with E-state index in [4.69, 9.17) is 0 Å². The molecular weight excluding hydrogens is 398 g/mol. The number of hydrogen-bond donors (Lipinski definition) is 1. The van der Waals surface area contributed by atoms with E-state index in [0.717, 1.165) is 10.4 Å². The molecule has 1 aromatic carbocycles. The molecule has 0 saturated carbocycles. The molecule has 9 heteroatoms. The lowest BCUT2D eigenvalue weighted by Gasteiger charge is -2.08. The van der Waals surface area contributed by atoms with Gasteiger partial charge in [-0.3, -0.25) is 14.2 Å². The number of hydrogen-bond acceptors (Lipinski definition) is 7. The second-order valence-corrected chi connectivity index (χ2v) is 8.27. The molecule has 3 aromatic rings. The SMILES string of the molecule is COC(=O)c1ccc(NC(=O)CSc2nc3sc(C)c(C)c3c(=O)n2C)cc1. The second kappa shape index (κ2) is 8.15. The summed E-state index contributed by atoms with van der Waals surface area (Å²) in [5.74, 6) is -0.563. The van der Waals surface area contributed by atoms with Gasteiger partial charge in [0.25, 0.3) is 5.56 Å². The minimum atomic E-state index is -0.435. The van der Waals surface area contributed by atoms with E-state index >= 15 is 0 Å². The third-order valence-electron chi connectivity index (χ3n) is 4.29. The van der Waals surface area contributed by atoms with E-state index in [1.54, 1.807) is 31.3 Å². The number of rotatable bonds is 5. The molecule has 0 saturated heterocycles. The summed E-state index contributed by atoms with van der Waals surface area (Å²) in [6.45, 7) is 3.88. The van der Waals surface area contributed by atoms with Gasteiger partial charge < -0.3 is 10.1 Å². The van der Waals surface area contributed by atoms with Crippen LogP contribution in [0.3, 0.4) is 0 Å². The van der Waals surface area contributed by atoms with Crippen molar-refractivity contribution in [1.82, 2.24) is 9.55 Å². The molecule has 2 aromatic heterocycles. The van der Waals surface area contributed by atoms with E-state index in [1.807, 2.05) is 13.8 Å². The van der Waals surface area contributed by atoms with Crippen molar-refractivity contribution < 1.29 is 14.3 Å². The van der Waals surface area contributed by atoms with Crippen LogP contribution in [0.15, 0.2) is 34.2 Å². The lowest BCUT2D eigenvalue weighted by atomic mass is 10.2. The highest BCUT2D eigenvalue weighted by atomic mass is 32.2. The van der Waals surface area contributed by atoms with Gasteiger partial charge in [0.2, 0.25) is 5.91 Å². The van der Waals surface area contributed by atoms with Crippen LogP contribution in [-0.2, 0) is 16.6 Å². The third kappa shape index (κ3) is 3.95. The number of aryl methyl sites for hydroxylation is 2. The molecule has 0 aliphatic heterocycles. The molecule has 0 atom stereocenters. The maximum Gasteiger partial charge on any atom is 0.337 e. The highest BCUT2D eigenvalue weighted by Gasteiger charge is 2.16. The fourth-order valence-electron chi connectivity index (χ4n) is 2.62. The Labute approximate surface area is 169 Å². The van der Waals surface area contributed by atoms with E-state index in [1.165, 1.54) is 34.8 Å². The molecule has 2 heterocycles. The fraction of sp³-hybridized carbons (Fsp3) is 0.263. The van der Waals surface area contributed by atoms with E-state index in [2.05, 4.69) is 15.0 Å². The van der Waals surface area contributed by atoms with Crippen molar-refractivity contribution in [3.05, 3.63) is 50.6 Å². The van der Waals surface area contributed by atoms with Crippen LogP contribution >= 0.6 is 23.1 Å². The molecule has 146 valence electrons. The van der Waals surface area contributed by atoms with Gasteiger partial charge in [0, 0.05) is 17.6 Å². The maximum atomic E-state index is 12.6. The normalized spacial score (nSPS) is 10.9. The van der Waals surface area contributed by atoms with Crippen LogP contribution in [0, 0.1) is 13.8 Å². The van der Waals surface area contributed by atoms with Gasteiger partial charge >= 0.3 is 5.97 Å². The molecule has 1 amide bonds. The number of fused-ring (bicyclic) bond motifs is 1. The monoisotopic (exact) mass is 417 g/mol. The van der Waals surface area contributed by atoms with Crippen LogP contribution in [0.1, 0.15) is 20.8 Å². The van der Waals surface area contributed by atoms with Crippen molar-refractivity contribution in [1.29, 1.82) is 0 Å². The summed E-state index contributed by atoms with van der Waals surface area (Å²) in [7, 11) is 2.97. The molecule has 0 spiro atoms. The number of carbonyl (C=O) groups is 2. The Morgan fingerprint density at radius 2 is 1.93 bits per heavy atom. The van der Waals surface area contributed by atoms with E-state index in [0.29, 0.717) is 26.6 Å². The number of thioether (sulfide) groups is 1. The predicted octanol–water partition coefficient (Wildman–Crippen LogP) is 3.13. The average molecular weight is 418 g/mol. The van der Waals surface area contributed by atoms with Crippen LogP contribution in [0.5, 0.6) is 0 Å². The van der Waals surface area contributed by atoms with Gasteiger partial charge in [-0.05, 0) is 43.7 Å². The van der Waals surface area contributed by atoms with Crippen LogP contribution in [0.4, 0.5) is 5.69 Å². The molecule has 0 aliphatic rings. The van der Waals surface area contributed by atoms with Crippen LogP contribution < -0.4 is 10.9 Å². The van der Waals surface area contributed by atoms with Crippen molar-refractivity contribution in [2.75, 3.05) is 18.2 Å². The molecule has 28 heavy (non-hydrogen) atoms. The van der Waals surface area contributed by atoms with Crippen LogP contribution in [0.2, 0.25) is 0 Å². The van der Waals surface area contributed by atoms with Crippen LogP contribution in [-0.4, -0.2) is 34.3 Å². The number of thiophene rings is 1. The van der Waals surface area contributed by atoms with E-state index < -0.39 is 5.97 Å². The molecule has 0 unspecified atom stereocenters. The van der Waals surface area contributed by atoms with Gasteiger partial charge in [0.1, 0.15) is 4.83 Å². The molecule has 0 fully saturated rings. The molecule has 0 radical (unpaired) electrons. The zero-order valence-corrected chi connectivity index (χ0v) is 17.5. The van der Waals surface area contributed by atoms with Crippen molar-refractivity contribution >= 4 is 50.9 Å². The highest BCUT2D eigenvalue weighted by Crippen LogP contribution is 2.28. The Hall–Kier alpha value is -2.65. The van der Waals surface area contributed by atoms with Gasteiger partial charge in [0.15, 0.2) is 5.16 Å². The summed E-state index contributed by atoms with van der Waals surface area (Å²) in [5, 5.41) is 3.89. The number of benzene rings is 1. The first-order chi connectivity index (χ1) is 13.3. The number of esters is 1. The third-order valence-corrected chi connectivity index (χ3v) is 6.42. The molecule has 0 aliphatic carbocycles. The molecule has 3 rings (SSSR count). The number of aromatic nitrogens is 2. The summed E-state index contributed by atoms with van der Waals surface area (Å²) in [4.78, 5) is 42.6. The number of nitrogens with one attached hydrogen (secondary N) is 1. The van der Waals surface area contributed by atoms with Gasteiger partial charge in [-0.15, -0.1) is 11.3 Å². The number of nitrogens with zero attached hydrogens (tertiary/aromatic N) is 2. The Bertz CT molecular complexity index is 1120. The maximum absolute atomic E-state index is 12.6. The number of ether oxygens (including phenoxy) is 1. The predicted molar refractivity (Wildman–Crippen MR) is 111 cm³/mol. The largest absolute Gasteiger partial charge is 0.465 e. The van der Waals surface area contributed by atoms with Crippen molar-refractivity contribution in [2.24, 2.45) is 7.05 Å². The Morgan fingerprint density at radius 1 is 1.25 bits per heavy atom. The summed E-state index contributed by atoms with van der Waals surface area (Å²) in [5.41, 5.74) is 1.83. The van der Waals surface area contributed by atoms with E-state index in [9.17, 15) is 14.4 Å². The lowest BCUT2D eigenvalue weighted by molar-refractivity contribution is -0.113. The Morgan fingerprint density at radius 3 is 2.57 bits per heavy atom. The van der Waals surface area contributed by atoms with E-state index in [-0.39, 0.29) is 17.2 Å². The molecule has 1 N–H and O–H groups in total. The van der Waals surface area contributed by atoms with Crippen LogP contribution in [0.25, 0.3) is 10.2 Å². The Balaban J connectivity index is 1.70. The average Bonchev–Trinajstić information content (AvgIpc) is 2.97. The fourth-order valence-corrected chi connectivity index (χ4v) is 4.46. The zero-order chi connectivity index (χ0) is 20.4. The summed E-state index contributed by atoms with van der Waals surface area (Å²) < 4.78 is 6.12. The first-order valence-electron chi connectivity index (χ1n) is 8.39. The Kier molecular flexibility index (Phi) is 5.85. The standard InChI is InChI=1S/C19H19N3O4S2/c1-10-11(2)28-16-15(10)17(24)22(3)19(21-16)27-9-14(23)20-13-7-5-12(6-8-13)18(25)26-4/h5-8H,9H2,1-4H3,(H,20,23). The zero-order valence-electron chi connectivity index (χ0n) is 15.9. The highest BCUT2D eigenvalue weighted by molar-refractivity contribution is 7.99. The number of methoxy groups -OCH3 is 1. The topological polar surface area (TPSA) is 90.3 Å². The summed E-state index contributed by atoms with van der Waals surface area (Å²) in [6, 6.07) is 6.42. The second-order valence-electron chi connectivity index (χ2n) is 6.13. The summed E-state index contributed by atoms with van der Waals surface area (Å²) >= 11 is 2.68. The smallest absolute Gasteiger partial charge is 0.337 e. The number of amides is 1. The first kappa shape index (κ1) is 20.1. The number of carbonyl (C=O) groups excluding carboxylic acids is 2. The van der Waals surface area contributed by atoms with Crippen molar-refractivity contribution in [2.45, 2.75) is 19.0 Å².